The SMILES string of the molecule is Cn1c(=O)c2cc(NC(=O)c3ccc(-n4cccn4)cc3)cnc2n(C)c1=O. The fourth-order valence-corrected chi connectivity index (χ4v) is 2.92. The standard InChI is InChI=1S/C19H16N6O3/c1-23-16-15(18(27)24(2)19(23)28)10-13(11-20-16)22-17(26)12-4-6-14(7-5-12)25-9-3-8-21-25/h3-11H,1-2H3,(H,22,26). The molecular weight excluding hydrogens is 360 g/mol. The average molecular weight is 376 g/mol. The van der Waals surface area contributed by atoms with Crippen LogP contribution in [-0.4, -0.2) is 29.8 Å². The Bertz CT molecular complexity index is 1300. The summed E-state index contributed by atoms with van der Waals surface area (Å²) in [5, 5.41) is 7.11. The summed E-state index contributed by atoms with van der Waals surface area (Å²) in [5.74, 6) is -0.338. The minimum absolute atomic E-state index is 0.247. The second kappa shape index (κ2) is 6.62. The molecule has 0 unspecified atom stereocenters. The average Bonchev–Trinajstić information content (AvgIpc) is 3.25. The molecule has 0 saturated carbocycles. The maximum atomic E-state index is 12.5. The molecule has 28 heavy (non-hydrogen) atoms. The van der Waals surface area contributed by atoms with Crippen molar-refractivity contribution in [1.82, 2.24) is 23.9 Å². The topological polar surface area (TPSA) is 104 Å². The number of hydrogen-bond donors (Lipinski definition) is 1. The Morgan fingerprint density at radius 1 is 1.07 bits per heavy atom. The van der Waals surface area contributed by atoms with Crippen LogP contribution in [0.3, 0.4) is 0 Å². The van der Waals surface area contributed by atoms with Crippen molar-refractivity contribution in [2.24, 2.45) is 14.1 Å². The Morgan fingerprint density at radius 3 is 2.50 bits per heavy atom. The smallest absolute Gasteiger partial charge is 0.321 e. The number of aryl methyl sites for hydroxylation is 1. The van der Waals surface area contributed by atoms with Crippen LogP contribution in [0.25, 0.3) is 16.7 Å². The molecule has 1 amide bonds. The van der Waals surface area contributed by atoms with Gasteiger partial charge in [0.05, 0.1) is 23.0 Å². The summed E-state index contributed by atoms with van der Waals surface area (Å²) < 4.78 is 3.98. The Kier molecular flexibility index (Phi) is 4.11. The molecule has 1 aromatic carbocycles. The number of carbonyl (C=O) groups excluding carboxylic acids is 1. The zero-order valence-electron chi connectivity index (χ0n) is 15.2. The first-order valence-corrected chi connectivity index (χ1v) is 8.43. The van der Waals surface area contributed by atoms with Gasteiger partial charge in [-0.15, -0.1) is 0 Å². The van der Waals surface area contributed by atoms with E-state index in [1.807, 2.05) is 12.3 Å². The third kappa shape index (κ3) is 2.88. The number of rotatable bonds is 3. The normalized spacial score (nSPS) is 10.9. The van der Waals surface area contributed by atoms with Gasteiger partial charge < -0.3 is 5.32 Å². The van der Waals surface area contributed by atoms with E-state index in [4.69, 9.17) is 0 Å². The Labute approximate surface area is 158 Å². The predicted molar refractivity (Wildman–Crippen MR) is 104 cm³/mol. The van der Waals surface area contributed by atoms with Gasteiger partial charge in [0.15, 0.2) is 0 Å². The molecule has 0 aliphatic heterocycles. The van der Waals surface area contributed by atoms with Crippen LogP contribution in [0.4, 0.5) is 5.69 Å². The van der Waals surface area contributed by atoms with Crippen LogP contribution in [-0.2, 0) is 14.1 Å². The lowest BCUT2D eigenvalue weighted by Gasteiger charge is -2.09. The highest BCUT2D eigenvalue weighted by molar-refractivity contribution is 6.04. The number of aromatic nitrogens is 5. The van der Waals surface area contributed by atoms with Gasteiger partial charge >= 0.3 is 5.69 Å². The van der Waals surface area contributed by atoms with Crippen molar-refractivity contribution >= 4 is 22.6 Å². The van der Waals surface area contributed by atoms with Gasteiger partial charge in [0, 0.05) is 32.1 Å². The van der Waals surface area contributed by atoms with Crippen molar-refractivity contribution < 1.29 is 4.79 Å². The maximum Gasteiger partial charge on any atom is 0.332 e. The monoisotopic (exact) mass is 376 g/mol. The van der Waals surface area contributed by atoms with Gasteiger partial charge in [-0.3, -0.25) is 18.7 Å². The summed E-state index contributed by atoms with van der Waals surface area (Å²) in [4.78, 5) is 41.0. The first kappa shape index (κ1) is 17.4. The molecule has 3 aromatic heterocycles. The van der Waals surface area contributed by atoms with E-state index in [0.29, 0.717) is 11.3 Å². The van der Waals surface area contributed by atoms with Gasteiger partial charge in [0.1, 0.15) is 5.65 Å². The summed E-state index contributed by atoms with van der Waals surface area (Å²) in [7, 11) is 2.94. The molecule has 0 atom stereocenters. The molecule has 0 spiro atoms. The molecule has 4 aromatic rings. The van der Waals surface area contributed by atoms with Gasteiger partial charge in [0.25, 0.3) is 11.5 Å². The van der Waals surface area contributed by atoms with Gasteiger partial charge in [-0.25, -0.2) is 14.5 Å². The third-order valence-corrected chi connectivity index (χ3v) is 4.45. The number of amides is 1. The molecule has 0 aliphatic carbocycles. The van der Waals surface area contributed by atoms with Gasteiger partial charge in [0.2, 0.25) is 0 Å². The zero-order valence-corrected chi connectivity index (χ0v) is 15.2. The number of benzene rings is 1. The molecular formula is C19H16N6O3. The van der Waals surface area contributed by atoms with Gasteiger partial charge in [-0.2, -0.15) is 5.10 Å². The quantitative estimate of drug-likeness (QED) is 0.576. The van der Waals surface area contributed by atoms with E-state index < -0.39 is 11.2 Å². The summed E-state index contributed by atoms with van der Waals surface area (Å²) in [6, 6.07) is 10.3. The fourth-order valence-electron chi connectivity index (χ4n) is 2.92. The highest BCUT2D eigenvalue weighted by atomic mass is 16.2. The lowest BCUT2D eigenvalue weighted by Crippen LogP contribution is -2.37. The lowest BCUT2D eigenvalue weighted by molar-refractivity contribution is 0.102. The fraction of sp³-hybridized carbons (Fsp3) is 0.105. The van der Waals surface area contributed by atoms with Gasteiger partial charge in [-0.1, -0.05) is 0 Å². The highest BCUT2D eigenvalue weighted by Crippen LogP contribution is 2.14. The summed E-state index contributed by atoms with van der Waals surface area (Å²) in [6.45, 7) is 0. The molecule has 0 saturated heterocycles. The largest absolute Gasteiger partial charge is 0.332 e. The third-order valence-electron chi connectivity index (χ3n) is 4.45. The highest BCUT2D eigenvalue weighted by Gasteiger charge is 2.12. The Hall–Kier alpha value is -4.01. The number of pyridine rings is 1. The van der Waals surface area contributed by atoms with Crippen molar-refractivity contribution in [3.05, 3.63) is 81.4 Å². The first-order chi connectivity index (χ1) is 13.5. The van der Waals surface area contributed by atoms with E-state index in [2.05, 4.69) is 15.4 Å². The molecule has 0 radical (unpaired) electrons. The lowest BCUT2D eigenvalue weighted by atomic mass is 10.2. The van der Waals surface area contributed by atoms with Crippen LogP contribution < -0.4 is 16.6 Å². The number of nitrogens with zero attached hydrogens (tertiary/aromatic N) is 5. The number of hydrogen-bond acceptors (Lipinski definition) is 5. The molecule has 0 bridgehead atoms. The van der Waals surface area contributed by atoms with E-state index in [9.17, 15) is 14.4 Å². The summed E-state index contributed by atoms with van der Waals surface area (Å²) >= 11 is 0. The van der Waals surface area contributed by atoms with Crippen molar-refractivity contribution in [3.63, 3.8) is 0 Å². The van der Waals surface area contributed by atoms with Crippen LogP contribution in [0.2, 0.25) is 0 Å². The van der Waals surface area contributed by atoms with Crippen LogP contribution in [0.15, 0.2) is 64.6 Å². The van der Waals surface area contributed by atoms with Crippen LogP contribution >= 0.6 is 0 Å². The Balaban J connectivity index is 1.63. The minimum atomic E-state index is -0.467. The maximum absolute atomic E-state index is 12.5. The molecule has 9 nitrogen and oxygen atoms in total. The second-order valence-corrected chi connectivity index (χ2v) is 6.25. The van der Waals surface area contributed by atoms with Crippen LogP contribution in [0, 0.1) is 0 Å². The van der Waals surface area contributed by atoms with Crippen LogP contribution in [0.5, 0.6) is 0 Å². The Morgan fingerprint density at radius 2 is 1.82 bits per heavy atom. The van der Waals surface area contributed by atoms with Crippen molar-refractivity contribution in [2.45, 2.75) is 0 Å². The van der Waals surface area contributed by atoms with E-state index in [0.717, 1.165) is 10.3 Å². The predicted octanol–water partition coefficient (Wildman–Crippen LogP) is 1.07. The van der Waals surface area contributed by atoms with E-state index in [1.54, 1.807) is 35.1 Å². The van der Waals surface area contributed by atoms with Crippen molar-refractivity contribution in [3.8, 4) is 5.69 Å². The number of nitrogens with one attached hydrogen (secondary N) is 1. The molecule has 9 heteroatoms. The molecule has 4 rings (SSSR count). The van der Waals surface area contributed by atoms with E-state index in [-0.39, 0.29) is 16.9 Å². The molecule has 3 heterocycles. The summed E-state index contributed by atoms with van der Waals surface area (Å²) in [5.41, 5.74) is 0.978. The number of fused-ring (bicyclic) bond motifs is 1. The van der Waals surface area contributed by atoms with E-state index >= 15 is 0 Å². The van der Waals surface area contributed by atoms with Crippen molar-refractivity contribution in [2.75, 3.05) is 5.32 Å². The van der Waals surface area contributed by atoms with Crippen LogP contribution in [0.1, 0.15) is 10.4 Å². The number of anilines is 1. The molecule has 0 fully saturated rings. The minimum Gasteiger partial charge on any atom is -0.321 e. The van der Waals surface area contributed by atoms with Gasteiger partial charge in [-0.05, 0) is 36.4 Å². The van der Waals surface area contributed by atoms with Crippen molar-refractivity contribution in [1.29, 1.82) is 0 Å². The zero-order chi connectivity index (χ0) is 19.8. The molecule has 0 aliphatic rings. The number of carbonyl (C=O) groups is 1. The molecule has 140 valence electrons. The first-order valence-electron chi connectivity index (χ1n) is 8.43. The van der Waals surface area contributed by atoms with E-state index in [1.165, 1.54) is 30.9 Å². The summed E-state index contributed by atoms with van der Waals surface area (Å²) in [6.07, 6.45) is 4.90. The second-order valence-electron chi connectivity index (χ2n) is 6.25. The molecule has 1 N–H and O–H groups in total.